The van der Waals surface area contributed by atoms with Gasteiger partial charge in [-0.15, -0.1) is 12.4 Å². The number of hydrogen-bond donors (Lipinski definition) is 1. The van der Waals surface area contributed by atoms with Gasteiger partial charge >= 0.3 is 0 Å². The van der Waals surface area contributed by atoms with Gasteiger partial charge < -0.3 is 15.1 Å². The van der Waals surface area contributed by atoms with Crippen molar-refractivity contribution >= 4 is 29.4 Å². The topological polar surface area (TPSA) is 75.7 Å². The lowest BCUT2D eigenvalue weighted by molar-refractivity contribution is -0.00867. The zero-order chi connectivity index (χ0) is 28.8. The smallest absolute Gasteiger partial charge is 0.128 e. The van der Waals surface area contributed by atoms with Gasteiger partial charge in [-0.1, -0.05) is 42.5 Å². The van der Waals surface area contributed by atoms with Gasteiger partial charge in [-0.2, -0.15) is 10.4 Å². The second-order valence-corrected chi connectivity index (χ2v) is 11.9. The predicted octanol–water partition coefficient (Wildman–Crippen LogP) is 5.23. The molecule has 5 aromatic rings. The average molecular weight is 603 g/mol. The number of hydrogen-bond acceptors (Lipinski definition) is 7. The van der Waals surface area contributed by atoms with E-state index in [1.807, 2.05) is 16.9 Å². The zero-order valence-corrected chi connectivity index (χ0v) is 25.3. The molecule has 1 N–H and O–H groups in total. The summed E-state index contributed by atoms with van der Waals surface area (Å²) in [6, 6.07) is 29.5. The average Bonchev–Trinajstić information content (AvgIpc) is 3.51. The molecule has 4 fully saturated rings. The van der Waals surface area contributed by atoms with Crippen molar-refractivity contribution in [3.8, 4) is 28.3 Å². The SMILES string of the molecule is Cl.N#Cc1cnn2cc(-c3ccc(N4CCNCC4)cc3)cc(-c3ccc(N4CC5CC(C4)N5Cc4ccccc4)nc3)c12. The lowest BCUT2D eigenvalue weighted by Gasteiger charge is -2.56. The summed E-state index contributed by atoms with van der Waals surface area (Å²) in [4.78, 5) is 12.4. The van der Waals surface area contributed by atoms with Crippen LogP contribution < -0.4 is 15.1 Å². The van der Waals surface area contributed by atoms with Gasteiger partial charge in [-0.05, 0) is 47.9 Å². The van der Waals surface area contributed by atoms with Crippen molar-refractivity contribution < 1.29 is 0 Å². The number of piperazine rings is 2. The van der Waals surface area contributed by atoms with E-state index in [-0.39, 0.29) is 12.4 Å². The summed E-state index contributed by atoms with van der Waals surface area (Å²) in [6.07, 6.45) is 6.89. The Kier molecular flexibility index (Phi) is 7.69. The van der Waals surface area contributed by atoms with Crippen LogP contribution in [0.3, 0.4) is 0 Å². The monoisotopic (exact) mass is 602 g/mol. The van der Waals surface area contributed by atoms with E-state index in [4.69, 9.17) is 4.98 Å². The molecule has 0 aliphatic carbocycles. The molecule has 0 saturated carbocycles. The van der Waals surface area contributed by atoms with E-state index in [0.29, 0.717) is 17.6 Å². The molecule has 4 saturated heterocycles. The number of rotatable bonds is 6. The molecule has 4 aliphatic rings. The summed E-state index contributed by atoms with van der Waals surface area (Å²) < 4.78 is 1.83. The van der Waals surface area contributed by atoms with E-state index in [0.717, 1.165) is 79.4 Å². The highest BCUT2D eigenvalue weighted by Crippen LogP contribution is 2.37. The van der Waals surface area contributed by atoms with Crippen LogP contribution in [0, 0.1) is 11.3 Å². The fourth-order valence-corrected chi connectivity index (χ4v) is 7.03. The number of aromatic nitrogens is 3. The Bertz CT molecular complexity index is 1780. The van der Waals surface area contributed by atoms with Crippen molar-refractivity contribution in [2.24, 2.45) is 0 Å². The highest BCUT2D eigenvalue weighted by atomic mass is 35.5. The Hall–Kier alpha value is -4.42. The fraction of sp³-hybridized carbons (Fsp3) is 0.286. The Morgan fingerprint density at radius 1 is 0.841 bits per heavy atom. The van der Waals surface area contributed by atoms with Crippen molar-refractivity contribution in [2.75, 3.05) is 49.1 Å². The van der Waals surface area contributed by atoms with E-state index in [2.05, 4.69) is 104 Å². The molecule has 8 nitrogen and oxygen atoms in total. The second-order valence-electron chi connectivity index (χ2n) is 11.9. The molecule has 9 heteroatoms. The minimum Gasteiger partial charge on any atom is -0.369 e. The second kappa shape index (κ2) is 11.9. The quantitative estimate of drug-likeness (QED) is 0.285. The Balaban J connectivity index is 0.00000312. The zero-order valence-electron chi connectivity index (χ0n) is 24.5. The molecule has 2 bridgehead atoms. The molecule has 44 heavy (non-hydrogen) atoms. The van der Waals surface area contributed by atoms with Crippen LogP contribution >= 0.6 is 12.4 Å². The van der Waals surface area contributed by atoms with Crippen LogP contribution in [-0.4, -0.2) is 70.9 Å². The van der Waals surface area contributed by atoms with Crippen LogP contribution in [-0.2, 0) is 6.54 Å². The molecular weight excluding hydrogens is 568 g/mol. The normalized spacial score (nSPS) is 19.7. The number of piperidine rings is 1. The van der Waals surface area contributed by atoms with Crippen molar-refractivity contribution in [1.82, 2.24) is 24.8 Å². The molecule has 9 rings (SSSR count). The van der Waals surface area contributed by atoms with E-state index in [1.165, 1.54) is 17.7 Å². The van der Waals surface area contributed by atoms with Crippen molar-refractivity contribution in [3.05, 3.63) is 103 Å². The van der Waals surface area contributed by atoms with E-state index >= 15 is 0 Å². The first kappa shape index (κ1) is 28.4. The maximum Gasteiger partial charge on any atom is 0.128 e. The van der Waals surface area contributed by atoms with E-state index in [1.54, 1.807) is 6.20 Å². The summed E-state index contributed by atoms with van der Waals surface area (Å²) in [5.74, 6) is 1.02. The van der Waals surface area contributed by atoms with Gasteiger partial charge in [-0.3, -0.25) is 4.90 Å². The molecule has 7 heterocycles. The largest absolute Gasteiger partial charge is 0.369 e. The third-order valence-corrected chi connectivity index (χ3v) is 9.35. The molecule has 0 amide bonds. The van der Waals surface area contributed by atoms with Crippen LogP contribution in [0.1, 0.15) is 17.5 Å². The Morgan fingerprint density at radius 2 is 1.59 bits per heavy atom. The lowest BCUT2D eigenvalue weighted by atomic mass is 9.86. The van der Waals surface area contributed by atoms with Gasteiger partial charge in [0.25, 0.3) is 0 Å². The number of nitrogens with zero attached hydrogens (tertiary/aromatic N) is 7. The number of pyridine rings is 2. The maximum atomic E-state index is 9.86. The first-order valence-corrected chi connectivity index (χ1v) is 15.2. The van der Waals surface area contributed by atoms with Crippen LogP contribution in [0.2, 0.25) is 0 Å². The van der Waals surface area contributed by atoms with Crippen LogP contribution in [0.5, 0.6) is 0 Å². The first-order chi connectivity index (χ1) is 21.2. The van der Waals surface area contributed by atoms with Crippen LogP contribution in [0.25, 0.3) is 27.8 Å². The summed E-state index contributed by atoms with van der Waals surface area (Å²) in [7, 11) is 0. The standard InChI is InChI=1S/C35H34N8.ClH/c36-18-29-20-39-43-22-28(26-6-9-30(10-7-26)40-14-12-37-13-15-40)16-33(35(29)43)27-8-11-34(38-19-27)41-23-31-17-32(24-41)42(31)21-25-4-2-1-3-5-25;/h1-11,16,19-20,22,31-32,37H,12-15,17,21,23-24H2;1H. The number of halogens is 1. The van der Waals surface area contributed by atoms with Crippen LogP contribution in [0.15, 0.2) is 91.4 Å². The van der Waals surface area contributed by atoms with Crippen molar-refractivity contribution in [1.29, 1.82) is 5.26 Å². The Labute approximate surface area is 264 Å². The van der Waals surface area contributed by atoms with Gasteiger partial charge in [0, 0.05) is 92.7 Å². The molecule has 2 atom stereocenters. The predicted molar refractivity (Wildman–Crippen MR) is 177 cm³/mol. The van der Waals surface area contributed by atoms with Crippen molar-refractivity contribution in [3.63, 3.8) is 0 Å². The third-order valence-electron chi connectivity index (χ3n) is 9.35. The molecule has 2 unspecified atom stereocenters. The molecule has 2 aromatic carbocycles. The Morgan fingerprint density at radius 3 is 2.30 bits per heavy atom. The molecule has 222 valence electrons. The van der Waals surface area contributed by atoms with Crippen molar-refractivity contribution in [2.45, 2.75) is 25.0 Å². The number of benzene rings is 2. The highest BCUT2D eigenvalue weighted by Gasteiger charge is 2.44. The summed E-state index contributed by atoms with van der Waals surface area (Å²) >= 11 is 0. The number of nitrogens with one attached hydrogen (secondary N) is 1. The molecule has 3 aromatic heterocycles. The maximum absolute atomic E-state index is 9.86. The van der Waals surface area contributed by atoms with Gasteiger partial charge in [-0.25, -0.2) is 9.50 Å². The first-order valence-electron chi connectivity index (χ1n) is 15.2. The number of fused-ring (bicyclic) bond motifs is 3. The van der Waals surface area contributed by atoms with Gasteiger partial charge in [0.05, 0.1) is 17.3 Å². The molecular formula is C35H35ClN8. The highest BCUT2D eigenvalue weighted by molar-refractivity contribution is 5.87. The number of anilines is 2. The minimum atomic E-state index is 0. The number of nitriles is 1. The van der Waals surface area contributed by atoms with Gasteiger partial charge in [0.15, 0.2) is 0 Å². The molecule has 0 spiro atoms. The fourth-order valence-electron chi connectivity index (χ4n) is 7.03. The van der Waals surface area contributed by atoms with Crippen LogP contribution in [0.4, 0.5) is 11.5 Å². The summed E-state index contributed by atoms with van der Waals surface area (Å²) in [5, 5.41) is 17.8. The molecule has 0 radical (unpaired) electrons. The summed E-state index contributed by atoms with van der Waals surface area (Å²) in [5.41, 5.74) is 8.13. The van der Waals surface area contributed by atoms with E-state index in [9.17, 15) is 5.26 Å². The minimum absolute atomic E-state index is 0. The van der Waals surface area contributed by atoms with E-state index < -0.39 is 0 Å². The molecule has 4 aliphatic heterocycles. The van der Waals surface area contributed by atoms with Gasteiger partial charge in [0.1, 0.15) is 11.9 Å². The van der Waals surface area contributed by atoms with Gasteiger partial charge in [0.2, 0.25) is 0 Å². The lowest BCUT2D eigenvalue weighted by Crippen LogP contribution is -2.68. The summed E-state index contributed by atoms with van der Waals surface area (Å²) in [6.45, 7) is 7.09. The third kappa shape index (κ3) is 5.17.